The van der Waals surface area contributed by atoms with Gasteiger partial charge in [-0.05, 0) is 44.0 Å². The van der Waals surface area contributed by atoms with Crippen molar-refractivity contribution in [2.75, 3.05) is 18.4 Å². The first-order valence-electron chi connectivity index (χ1n) is 7.95. The van der Waals surface area contributed by atoms with Gasteiger partial charge in [0.25, 0.3) is 0 Å². The summed E-state index contributed by atoms with van der Waals surface area (Å²) in [5, 5.41) is 2.82. The maximum atomic E-state index is 12.0. The van der Waals surface area contributed by atoms with Gasteiger partial charge in [0.2, 0.25) is 5.88 Å². The molecule has 0 aliphatic rings. The highest BCUT2D eigenvalue weighted by Gasteiger charge is 2.09. The highest BCUT2D eigenvalue weighted by molar-refractivity contribution is 5.89. The van der Waals surface area contributed by atoms with Crippen molar-refractivity contribution in [1.29, 1.82) is 0 Å². The Hall–Kier alpha value is -2.56. The maximum Gasteiger partial charge on any atom is 0.321 e. The molecule has 0 atom stereocenters. The molecule has 0 aliphatic carbocycles. The first-order chi connectivity index (χ1) is 11.2. The Morgan fingerprint density at radius 2 is 1.96 bits per heavy atom. The standard InChI is InChI=1S/C18H23N3O2/c1-4-14-8-7-9-16(12-14)23-17-11-10-15(13-19-17)20-18(22)21(5-2)6-3/h7-13H,4-6H2,1-3H3,(H,20,22). The Balaban J connectivity index is 2.00. The van der Waals surface area contributed by atoms with Gasteiger partial charge in [0.15, 0.2) is 0 Å². The van der Waals surface area contributed by atoms with Crippen LogP contribution < -0.4 is 10.1 Å². The van der Waals surface area contributed by atoms with E-state index in [2.05, 4.69) is 23.3 Å². The van der Waals surface area contributed by atoms with Crippen molar-refractivity contribution in [1.82, 2.24) is 9.88 Å². The van der Waals surface area contributed by atoms with Crippen molar-refractivity contribution < 1.29 is 9.53 Å². The van der Waals surface area contributed by atoms with Gasteiger partial charge in [-0.15, -0.1) is 0 Å². The molecule has 0 aliphatic heterocycles. The molecule has 0 saturated heterocycles. The molecule has 1 aromatic carbocycles. The number of carbonyl (C=O) groups excluding carboxylic acids is 1. The van der Waals surface area contributed by atoms with Crippen LogP contribution in [0.2, 0.25) is 0 Å². The molecule has 122 valence electrons. The van der Waals surface area contributed by atoms with E-state index in [4.69, 9.17) is 4.74 Å². The zero-order valence-corrected chi connectivity index (χ0v) is 13.9. The number of carbonyl (C=O) groups is 1. The first kappa shape index (κ1) is 16.8. The van der Waals surface area contributed by atoms with E-state index < -0.39 is 0 Å². The van der Waals surface area contributed by atoms with Crippen LogP contribution in [0.25, 0.3) is 0 Å². The van der Waals surface area contributed by atoms with Gasteiger partial charge in [0.1, 0.15) is 5.75 Å². The van der Waals surface area contributed by atoms with Crippen molar-refractivity contribution in [2.45, 2.75) is 27.2 Å². The lowest BCUT2D eigenvalue weighted by Gasteiger charge is -2.19. The minimum atomic E-state index is -0.124. The number of aryl methyl sites for hydroxylation is 1. The molecule has 1 aromatic heterocycles. The van der Waals surface area contributed by atoms with Crippen molar-refractivity contribution in [3.63, 3.8) is 0 Å². The fraction of sp³-hybridized carbons (Fsp3) is 0.333. The zero-order valence-electron chi connectivity index (χ0n) is 13.9. The van der Waals surface area contributed by atoms with Crippen LogP contribution in [0.15, 0.2) is 42.6 Å². The largest absolute Gasteiger partial charge is 0.439 e. The molecule has 0 spiro atoms. The molecule has 0 fully saturated rings. The molecule has 23 heavy (non-hydrogen) atoms. The number of urea groups is 1. The second kappa shape index (κ2) is 8.17. The van der Waals surface area contributed by atoms with E-state index in [0.717, 1.165) is 12.2 Å². The number of nitrogens with one attached hydrogen (secondary N) is 1. The number of nitrogens with zero attached hydrogens (tertiary/aromatic N) is 2. The number of aromatic nitrogens is 1. The summed E-state index contributed by atoms with van der Waals surface area (Å²) in [6.45, 7) is 7.34. The van der Waals surface area contributed by atoms with Gasteiger partial charge in [-0.2, -0.15) is 0 Å². The fourth-order valence-corrected chi connectivity index (χ4v) is 2.18. The Morgan fingerprint density at radius 3 is 2.57 bits per heavy atom. The van der Waals surface area contributed by atoms with Crippen LogP contribution in [0, 0.1) is 0 Å². The van der Waals surface area contributed by atoms with Crippen LogP contribution in [0.5, 0.6) is 11.6 Å². The quantitative estimate of drug-likeness (QED) is 0.864. The molecule has 5 heteroatoms. The molecule has 5 nitrogen and oxygen atoms in total. The van der Waals surface area contributed by atoms with Crippen LogP contribution in [0.1, 0.15) is 26.3 Å². The summed E-state index contributed by atoms with van der Waals surface area (Å²) < 4.78 is 5.74. The summed E-state index contributed by atoms with van der Waals surface area (Å²) in [5.41, 5.74) is 1.86. The second-order valence-electron chi connectivity index (χ2n) is 5.09. The van der Waals surface area contributed by atoms with Gasteiger partial charge in [0, 0.05) is 19.2 Å². The van der Waals surface area contributed by atoms with E-state index in [-0.39, 0.29) is 6.03 Å². The molecular formula is C18H23N3O2. The topological polar surface area (TPSA) is 54.5 Å². The van der Waals surface area contributed by atoms with Gasteiger partial charge < -0.3 is 15.0 Å². The van der Waals surface area contributed by atoms with Crippen LogP contribution >= 0.6 is 0 Å². The molecule has 2 amide bonds. The van der Waals surface area contributed by atoms with Crippen LogP contribution in [0.3, 0.4) is 0 Å². The molecule has 0 unspecified atom stereocenters. The first-order valence-corrected chi connectivity index (χ1v) is 7.95. The lowest BCUT2D eigenvalue weighted by Crippen LogP contribution is -2.34. The summed E-state index contributed by atoms with van der Waals surface area (Å²) in [7, 11) is 0. The monoisotopic (exact) mass is 313 g/mol. The molecule has 1 heterocycles. The number of hydrogen-bond acceptors (Lipinski definition) is 3. The molecule has 2 aromatic rings. The number of amides is 2. The number of pyridine rings is 1. The summed E-state index contributed by atoms with van der Waals surface area (Å²) in [6.07, 6.45) is 2.56. The highest BCUT2D eigenvalue weighted by Crippen LogP contribution is 2.21. The smallest absolute Gasteiger partial charge is 0.321 e. The van der Waals surface area contributed by atoms with Crippen molar-refractivity contribution >= 4 is 11.7 Å². The Kier molecular flexibility index (Phi) is 5.97. The average Bonchev–Trinajstić information content (AvgIpc) is 2.58. The second-order valence-corrected chi connectivity index (χ2v) is 5.09. The normalized spacial score (nSPS) is 10.2. The third-order valence-electron chi connectivity index (χ3n) is 3.57. The molecule has 0 radical (unpaired) electrons. The number of anilines is 1. The number of ether oxygens (including phenoxy) is 1. The number of hydrogen-bond donors (Lipinski definition) is 1. The Bertz CT molecular complexity index is 637. The zero-order chi connectivity index (χ0) is 16.7. The minimum Gasteiger partial charge on any atom is -0.439 e. The Labute approximate surface area is 137 Å². The van der Waals surface area contributed by atoms with E-state index in [1.807, 2.05) is 32.0 Å². The van der Waals surface area contributed by atoms with Gasteiger partial charge in [-0.3, -0.25) is 0 Å². The summed E-state index contributed by atoms with van der Waals surface area (Å²) in [4.78, 5) is 17.9. The van der Waals surface area contributed by atoms with E-state index in [1.165, 1.54) is 5.56 Å². The van der Waals surface area contributed by atoms with E-state index in [9.17, 15) is 4.79 Å². The summed E-state index contributed by atoms with van der Waals surface area (Å²) in [5.74, 6) is 1.26. The number of benzene rings is 1. The van der Waals surface area contributed by atoms with Gasteiger partial charge in [0.05, 0.1) is 11.9 Å². The predicted octanol–water partition coefficient (Wildman–Crippen LogP) is 4.31. The van der Waals surface area contributed by atoms with E-state index in [0.29, 0.717) is 24.7 Å². The number of rotatable bonds is 6. The molecule has 1 N–H and O–H groups in total. The SMILES string of the molecule is CCc1cccc(Oc2ccc(NC(=O)N(CC)CC)cn2)c1. The lowest BCUT2D eigenvalue weighted by molar-refractivity contribution is 0.217. The summed E-state index contributed by atoms with van der Waals surface area (Å²) >= 11 is 0. The van der Waals surface area contributed by atoms with Gasteiger partial charge in [-0.1, -0.05) is 19.1 Å². The maximum absolute atomic E-state index is 12.0. The molecular weight excluding hydrogens is 290 g/mol. The lowest BCUT2D eigenvalue weighted by atomic mass is 10.2. The van der Waals surface area contributed by atoms with Crippen molar-refractivity contribution in [3.8, 4) is 11.6 Å². The molecule has 0 saturated carbocycles. The van der Waals surface area contributed by atoms with Crippen molar-refractivity contribution in [2.24, 2.45) is 0 Å². The highest BCUT2D eigenvalue weighted by atomic mass is 16.5. The predicted molar refractivity (Wildman–Crippen MR) is 92.1 cm³/mol. The van der Waals surface area contributed by atoms with Crippen LogP contribution in [-0.2, 0) is 6.42 Å². The van der Waals surface area contributed by atoms with Crippen LogP contribution in [0.4, 0.5) is 10.5 Å². The molecule has 2 rings (SSSR count). The van der Waals surface area contributed by atoms with Gasteiger partial charge in [-0.25, -0.2) is 9.78 Å². The Morgan fingerprint density at radius 1 is 1.17 bits per heavy atom. The van der Waals surface area contributed by atoms with E-state index in [1.54, 1.807) is 23.2 Å². The average molecular weight is 313 g/mol. The van der Waals surface area contributed by atoms with E-state index >= 15 is 0 Å². The molecule has 0 bridgehead atoms. The van der Waals surface area contributed by atoms with Gasteiger partial charge >= 0.3 is 6.03 Å². The minimum absolute atomic E-state index is 0.124. The summed E-state index contributed by atoms with van der Waals surface area (Å²) in [6, 6.07) is 11.3. The van der Waals surface area contributed by atoms with Crippen LogP contribution in [-0.4, -0.2) is 29.0 Å². The third-order valence-corrected chi connectivity index (χ3v) is 3.57. The fourth-order valence-electron chi connectivity index (χ4n) is 2.18. The van der Waals surface area contributed by atoms with Crippen molar-refractivity contribution in [3.05, 3.63) is 48.2 Å². The third kappa shape index (κ3) is 4.71.